The Bertz CT molecular complexity index is 462. The Balaban J connectivity index is 3.41. The smallest absolute Gasteiger partial charge is 0.312 e. The number of carbonyl (C=O) groups is 1. The van der Waals surface area contributed by atoms with Gasteiger partial charge in [-0.15, -0.1) is 0 Å². The van der Waals surface area contributed by atoms with Gasteiger partial charge < -0.3 is 20.3 Å². The Morgan fingerprint density at radius 3 is 2.53 bits per heavy atom. The lowest BCUT2D eigenvalue weighted by atomic mass is 9.98. The van der Waals surface area contributed by atoms with Crippen molar-refractivity contribution in [2.45, 2.75) is 25.9 Å². The molecule has 0 saturated heterocycles. The SMILES string of the molecule is COc1cc(Br)cc(C(CN)C(=O)O)c1OC(C)C. The summed E-state index contributed by atoms with van der Waals surface area (Å²) in [7, 11) is 1.51. The maximum absolute atomic E-state index is 11.3. The Kier molecular flexibility index (Phi) is 5.62. The quantitative estimate of drug-likeness (QED) is 0.836. The lowest BCUT2D eigenvalue weighted by molar-refractivity contribution is -0.138. The molecule has 0 saturated carbocycles. The van der Waals surface area contributed by atoms with Gasteiger partial charge in [0.15, 0.2) is 11.5 Å². The van der Waals surface area contributed by atoms with Gasteiger partial charge in [0, 0.05) is 16.6 Å². The molecule has 3 N–H and O–H groups in total. The maximum Gasteiger partial charge on any atom is 0.312 e. The number of halogens is 1. The van der Waals surface area contributed by atoms with Gasteiger partial charge in [-0.1, -0.05) is 15.9 Å². The van der Waals surface area contributed by atoms with E-state index in [9.17, 15) is 9.90 Å². The zero-order valence-electron chi connectivity index (χ0n) is 11.1. The predicted molar refractivity (Wildman–Crippen MR) is 75.9 cm³/mol. The second kappa shape index (κ2) is 6.77. The van der Waals surface area contributed by atoms with Gasteiger partial charge >= 0.3 is 5.97 Å². The molecule has 1 aromatic carbocycles. The zero-order valence-corrected chi connectivity index (χ0v) is 12.7. The van der Waals surface area contributed by atoms with Crippen molar-refractivity contribution >= 4 is 21.9 Å². The summed E-state index contributed by atoms with van der Waals surface area (Å²) in [6, 6.07) is 3.43. The minimum Gasteiger partial charge on any atom is -0.493 e. The van der Waals surface area contributed by atoms with E-state index in [0.29, 0.717) is 17.1 Å². The average Bonchev–Trinajstić information content (AvgIpc) is 2.31. The van der Waals surface area contributed by atoms with E-state index >= 15 is 0 Å². The summed E-state index contributed by atoms with van der Waals surface area (Å²) in [6.07, 6.45) is -0.0963. The molecule has 0 radical (unpaired) electrons. The number of benzene rings is 1. The Labute approximate surface area is 120 Å². The number of methoxy groups -OCH3 is 1. The number of ether oxygens (including phenoxy) is 2. The molecule has 0 amide bonds. The van der Waals surface area contributed by atoms with Crippen molar-refractivity contribution in [3.63, 3.8) is 0 Å². The van der Waals surface area contributed by atoms with Crippen LogP contribution in [0.25, 0.3) is 0 Å². The number of aliphatic carboxylic acids is 1. The van der Waals surface area contributed by atoms with E-state index in [4.69, 9.17) is 15.2 Å². The van der Waals surface area contributed by atoms with E-state index in [0.717, 1.165) is 4.47 Å². The third kappa shape index (κ3) is 3.84. The van der Waals surface area contributed by atoms with Gasteiger partial charge in [0.05, 0.1) is 19.1 Å². The van der Waals surface area contributed by atoms with Crippen molar-refractivity contribution in [1.29, 1.82) is 0 Å². The highest BCUT2D eigenvalue weighted by atomic mass is 79.9. The molecule has 1 atom stereocenters. The summed E-state index contributed by atoms with van der Waals surface area (Å²) in [5, 5.41) is 9.25. The summed E-state index contributed by atoms with van der Waals surface area (Å²) < 4.78 is 11.7. The molecular weight excluding hydrogens is 314 g/mol. The van der Waals surface area contributed by atoms with Gasteiger partial charge in [-0.05, 0) is 26.0 Å². The molecule has 0 fully saturated rings. The Hall–Kier alpha value is -1.27. The third-order valence-corrected chi connectivity index (χ3v) is 2.99. The number of hydrogen-bond acceptors (Lipinski definition) is 4. The number of carboxylic acid groups (broad SMARTS) is 1. The molecule has 0 spiro atoms. The molecule has 0 bridgehead atoms. The van der Waals surface area contributed by atoms with Gasteiger partial charge in [0.2, 0.25) is 0 Å². The summed E-state index contributed by atoms with van der Waals surface area (Å²) in [5.74, 6) is -0.910. The largest absolute Gasteiger partial charge is 0.493 e. The first-order valence-corrected chi connectivity index (χ1v) is 6.67. The highest BCUT2D eigenvalue weighted by Crippen LogP contribution is 2.39. The van der Waals surface area contributed by atoms with E-state index in [1.165, 1.54) is 7.11 Å². The van der Waals surface area contributed by atoms with E-state index in [-0.39, 0.29) is 12.6 Å². The van der Waals surface area contributed by atoms with Crippen molar-refractivity contribution in [2.24, 2.45) is 5.73 Å². The van der Waals surface area contributed by atoms with E-state index in [2.05, 4.69) is 15.9 Å². The highest BCUT2D eigenvalue weighted by Gasteiger charge is 2.25. The van der Waals surface area contributed by atoms with Crippen LogP contribution in [-0.2, 0) is 4.79 Å². The molecule has 6 heteroatoms. The fourth-order valence-corrected chi connectivity index (χ4v) is 2.18. The topological polar surface area (TPSA) is 81.8 Å². The Morgan fingerprint density at radius 1 is 1.47 bits per heavy atom. The van der Waals surface area contributed by atoms with Crippen LogP contribution < -0.4 is 15.2 Å². The number of hydrogen-bond donors (Lipinski definition) is 2. The minimum absolute atomic E-state index is 0.0105. The standard InChI is InChI=1S/C13H18BrNO4/c1-7(2)19-12-9(10(6-15)13(16)17)4-8(14)5-11(12)18-3/h4-5,7,10H,6,15H2,1-3H3,(H,16,17). The lowest BCUT2D eigenvalue weighted by Gasteiger charge is -2.21. The third-order valence-electron chi connectivity index (χ3n) is 2.53. The van der Waals surface area contributed by atoms with Gasteiger partial charge in [0.25, 0.3) is 0 Å². The monoisotopic (exact) mass is 331 g/mol. The molecule has 5 nitrogen and oxygen atoms in total. The van der Waals surface area contributed by atoms with Crippen LogP contribution in [0.4, 0.5) is 0 Å². The lowest BCUT2D eigenvalue weighted by Crippen LogP contribution is -2.22. The number of carboxylic acids is 1. The molecule has 0 heterocycles. The summed E-state index contributed by atoms with van der Waals surface area (Å²) >= 11 is 3.33. The molecule has 0 aromatic heterocycles. The number of rotatable bonds is 6. The van der Waals surface area contributed by atoms with Gasteiger partial charge in [0.1, 0.15) is 0 Å². The molecule has 1 unspecified atom stereocenters. The molecule has 106 valence electrons. The molecule has 0 aliphatic heterocycles. The van der Waals surface area contributed by atoms with Gasteiger partial charge in [-0.2, -0.15) is 0 Å². The maximum atomic E-state index is 11.3. The first-order valence-electron chi connectivity index (χ1n) is 5.87. The van der Waals surface area contributed by atoms with Crippen molar-refractivity contribution in [3.05, 3.63) is 22.2 Å². The van der Waals surface area contributed by atoms with Crippen molar-refractivity contribution in [2.75, 3.05) is 13.7 Å². The number of nitrogens with two attached hydrogens (primary N) is 1. The zero-order chi connectivity index (χ0) is 14.6. The molecule has 19 heavy (non-hydrogen) atoms. The summed E-state index contributed by atoms with van der Waals surface area (Å²) in [4.78, 5) is 11.3. The van der Waals surface area contributed by atoms with Crippen LogP contribution in [-0.4, -0.2) is 30.8 Å². The van der Waals surface area contributed by atoms with Crippen LogP contribution in [0.3, 0.4) is 0 Å². The van der Waals surface area contributed by atoms with Crippen LogP contribution in [0.5, 0.6) is 11.5 Å². The van der Waals surface area contributed by atoms with Crippen molar-refractivity contribution < 1.29 is 19.4 Å². The molecule has 0 aliphatic carbocycles. The molecule has 0 aliphatic rings. The van der Waals surface area contributed by atoms with Crippen molar-refractivity contribution in [3.8, 4) is 11.5 Å². The van der Waals surface area contributed by atoms with Crippen molar-refractivity contribution in [1.82, 2.24) is 0 Å². The van der Waals surface area contributed by atoms with Crippen LogP contribution in [0.2, 0.25) is 0 Å². The fourth-order valence-electron chi connectivity index (χ4n) is 1.72. The minimum atomic E-state index is -0.990. The van der Waals surface area contributed by atoms with Crippen LogP contribution in [0.1, 0.15) is 25.3 Å². The van der Waals surface area contributed by atoms with Crippen LogP contribution >= 0.6 is 15.9 Å². The average molecular weight is 332 g/mol. The van der Waals surface area contributed by atoms with Crippen LogP contribution in [0, 0.1) is 0 Å². The highest BCUT2D eigenvalue weighted by molar-refractivity contribution is 9.10. The van der Waals surface area contributed by atoms with Crippen LogP contribution in [0.15, 0.2) is 16.6 Å². The van der Waals surface area contributed by atoms with E-state index in [1.54, 1.807) is 12.1 Å². The van der Waals surface area contributed by atoms with E-state index in [1.807, 2.05) is 13.8 Å². The molecule has 1 aromatic rings. The first-order chi connectivity index (χ1) is 8.90. The molecular formula is C13H18BrNO4. The summed E-state index contributed by atoms with van der Waals surface area (Å²) in [5.41, 5.74) is 6.06. The Morgan fingerprint density at radius 2 is 2.11 bits per heavy atom. The van der Waals surface area contributed by atoms with Gasteiger partial charge in [-0.3, -0.25) is 4.79 Å². The fraction of sp³-hybridized carbons (Fsp3) is 0.462. The predicted octanol–water partition coefficient (Wildman–Crippen LogP) is 2.37. The normalized spacial score (nSPS) is 12.3. The second-order valence-corrected chi connectivity index (χ2v) is 5.24. The first kappa shape index (κ1) is 15.8. The second-order valence-electron chi connectivity index (χ2n) is 4.32. The summed E-state index contributed by atoms with van der Waals surface area (Å²) in [6.45, 7) is 3.72. The van der Waals surface area contributed by atoms with Gasteiger partial charge in [-0.25, -0.2) is 0 Å². The molecule has 1 rings (SSSR count). The van der Waals surface area contributed by atoms with E-state index < -0.39 is 11.9 Å².